The van der Waals surface area contributed by atoms with Gasteiger partial charge < -0.3 is 9.30 Å². The van der Waals surface area contributed by atoms with Crippen LogP contribution in [0.1, 0.15) is 31.3 Å². The molecule has 0 spiro atoms. The predicted octanol–water partition coefficient (Wildman–Crippen LogP) is 5.78. The lowest BCUT2D eigenvalue weighted by atomic mass is 9.87. The van der Waals surface area contributed by atoms with Gasteiger partial charge >= 0.3 is 0 Å². The summed E-state index contributed by atoms with van der Waals surface area (Å²) >= 11 is 9.54. The number of benzene rings is 2. The van der Waals surface area contributed by atoms with E-state index in [9.17, 15) is 4.39 Å². The molecular weight excluding hydrogens is 419 g/mol. The Hall–Kier alpha value is -1.43. The second-order valence-corrected chi connectivity index (χ2v) is 8.70. The van der Waals surface area contributed by atoms with Crippen LogP contribution < -0.4 is 0 Å². The Kier molecular flexibility index (Phi) is 4.58. The number of aromatic nitrogens is 2. The van der Waals surface area contributed by atoms with E-state index in [1.807, 2.05) is 18.2 Å². The Morgan fingerprint density at radius 1 is 1.35 bits per heavy atom. The molecule has 0 aliphatic carbocycles. The number of nitrogens with zero attached hydrogens (tertiary/aromatic N) is 2. The summed E-state index contributed by atoms with van der Waals surface area (Å²) in [5, 5.41) is 0.527. The zero-order valence-electron chi connectivity index (χ0n) is 14.6. The maximum atomic E-state index is 14.0. The zero-order chi connectivity index (χ0) is 18.5. The van der Waals surface area contributed by atoms with Gasteiger partial charge in [-0.25, -0.2) is 9.37 Å². The van der Waals surface area contributed by atoms with E-state index in [0.29, 0.717) is 29.1 Å². The van der Waals surface area contributed by atoms with Gasteiger partial charge in [0.15, 0.2) is 0 Å². The van der Waals surface area contributed by atoms with E-state index in [-0.39, 0.29) is 17.3 Å². The van der Waals surface area contributed by atoms with Crippen molar-refractivity contribution in [2.24, 2.45) is 5.41 Å². The Bertz CT molecular complexity index is 985. The predicted molar refractivity (Wildman–Crippen MR) is 105 cm³/mol. The van der Waals surface area contributed by atoms with Gasteiger partial charge in [0.25, 0.3) is 0 Å². The lowest BCUT2D eigenvalue weighted by molar-refractivity contribution is 0.166. The van der Waals surface area contributed by atoms with Crippen LogP contribution >= 0.6 is 27.5 Å². The molecule has 3 aromatic rings. The van der Waals surface area contributed by atoms with Gasteiger partial charge in [-0.1, -0.05) is 37.6 Å². The van der Waals surface area contributed by atoms with Gasteiger partial charge in [-0.2, -0.15) is 0 Å². The molecule has 2 heterocycles. The van der Waals surface area contributed by atoms with Crippen LogP contribution in [-0.2, 0) is 11.2 Å². The molecule has 1 aliphatic heterocycles. The van der Waals surface area contributed by atoms with Gasteiger partial charge in [0, 0.05) is 16.9 Å². The SMILES string of the molecule is CC1(C)COCC1n1c(Cc2cc(F)c(Br)cc2Cl)nc2ccccc21. The first-order chi connectivity index (χ1) is 12.4. The summed E-state index contributed by atoms with van der Waals surface area (Å²) in [6.45, 7) is 5.76. The first-order valence-corrected chi connectivity index (χ1v) is 9.71. The van der Waals surface area contributed by atoms with E-state index in [0.717, 1.165) is 22.4 Å². The Morgan fingerprint density at radius 3 is 2.85 bits per heavy atom. The van der Waals surface area contributed by atoms with E-state index in [1.54, 1.807) is 6.07 Å². The highest BCUT2D eigenvalue weighted by molar-refractivity contribution is 9.10. The monoisotopic (exact) mass is 436 g/mol. The number of halogens is 3. The van der Waals surface area contributed by atoms with Crippen LogP contribution in [0.4, 0.5) is 4.39 Å². The standard InChI is InChI=1S/C20H19BrClFN2O/c1-20(2)11-26-10-18(20)25-17-6-4-3-5-16(17)24-19(25)8-12-7-15(23)13(21)9-14(12)22/h3-7,9,18H,8,10-11H2,1-2H3. The summed E-state index contributed by atoms with van der Waals surface area (Å²) in [7, 11) is 0. The average Bonchev–Trinajstić information content (AvgIpc) is 3.11. The summed E-state index contributed by atoms with van der Waals surface area (Å²) < 4.78 is 22.4. The Morgan fingerprint density at radius 2 is 2.12 bits per heavy atom. The van der Waals surface area contributed by atoms with E-state index in [2.05, 4.69) is 40.4 Å². The van der Waals surface area contributed by atoms with Gasteiger partial charge in [-0.05, 0) is 45.8 Å². The molecule has 6 heteroatoms. The number of fused-ring (bicyclic) bond motifs is 1. The molecule has 0 radical (unpaired) electrons. The zero-order valence-corrected chi connectivity index (χ0v) is 16.9. The van der Waals surface area contributed by atoms with Crippen molar-refractivity contribution in [3.8, 4) is 0 Å². The third-order valence-electron chi connectivity index (χ3n) is 5.07. The molecule has 26 heavy (non-hydrogen) atoms. The molecule has 1 saturated heterocycles. The van der Waals surface area contributed by atoms with Crippen LogP contribution in [0.5, 0.6) is 0 Å². The van der Waals surface area contributed by atoms with Crippen LogP contribution in [0.3, 0.4) is 0 Å². The third-order valence-corrected chi connectivity index (χ3v) is 6.03. The summed E-state index contributed by atoms with van der Waals surface area (Å²) in [5.74, 6) is 0.551. The molecule has 1 aromatic heterocycles. The molecular formula is C20H19BrClFN2O. The van der Waals surface area contributed by atoms with Gasteiger partial charge in [-0.15, -0.1) is 0 Å². The fourth-order valence-corrected chi connectivity index (χ4v) is 4.32. The quantitative estimate of drug-likeness (QED) is 0.486. The molecule has 0 amide bonds. The van der Waals surface area contributed by atoms with Crippen molar-refractivity contribution in [3.05, 3.63) is 63.1 Å². The number of ether oxygens (including phenoxy) is 1. The number of hydrogen-bond acceptors (Lipinski definition) is 2. The van der Waals surface area contributed by atoms with Crippen molar-refractivity contribution in [2.45, 2.75) is 26.3 Å². The van der Waals surface area contributed by atoms with Crippen molar-refractivity contribution < 1.29 is 9.13 Å². The molecule has 136 valence electrons. The first kappa shape index (κ1) is 18.0. The van der Waals surface area contributed by atoms with Crippen LogP contribution in [0, 0.1) is 11.2 Å². The topological polar surface area (TPSA) is 27.1 Å². The lowest BCUT2D eigenvalue weighted by Gasteiger charge is -2.28. The third kappa shape index (κ3) is 3.06. The second kappa shape index (κ2) is 6.63. The second-order valence-electron chi connectivity index (χ2n) is 7.44. The summed E-state index contributed by atoms with van der Waals surface area (Å²) in [5.41, 5.74) is 2.71. The van der Waals surface area contributed by atoms with Crippen molar-refractivity contribution >= 4 is 38.6 Å². The highest BCUT2D eigenvalue weighted by Gasteiger charge is 2.38. The first-order valence-electron chi connectivity index (χ1n) is 8.54. The molecule has 1 atom stereocenters. The minimum absolute atomic E-state index is 0.00696. The minimum Gasteiger partial charge on any atom is -0.379 e. The maximum Gasteiger partial charge on any atom is 0.137 e. The molecule has 1 aliphatic rings. The highest BCUT2D eigenvalue weighted by atomic mass is 79.9. The molecule has 0 N–H and O–H groups in total. The van der Waals surface area contributed by atoms with E-state index >= 15 is 0 Å². The minimum atomic E-state index is -0.323. The summed E-state index contributed by atoms with van der Waals surface area (Å²) in [4.78, 5) is 4.83. The summed E-state index contributed by atoms with van der Waals surface area (Å²) in [6.07, 6.45) is 0.463. The largest absolute Gasteiger partial charge is 0.379 e. The van der Waals surface area contributed by atoms with Crippen LogP contribution in [-0.4, -0.2) is 22.8 Å². The maximum absolute atomic E-state index is 14.0. The molecule has 4 rings (SSSR count). The fraction of sp³-hybridized carbons (Fsp3) is 0.350. The van der Waals surface area contributed by atoms with Gasteiger partial charge in [0.2, 0.25) is 0 Å². The van der Waals surface area contributed by atoms with E-state index in [4.69, 9.17) is 21.3 Å². The van der Waals surface area contributed by atoms with Crippen LogP contribution in [0.25, 0.3) is 11.0 Å². The number of imidazole rings is 1. The Balaban J connectivity index is 1.85. The number of rotatable bonds is 3. The van der Waals surface area contributed by atoms with E-state index in [1.165, 1.54) is 6.07 Å². The van der Waals surface area contributed by atoms with Crippen molar-refractivity contribution in [2.75, 3.05) is 13.2 Å². The fourth-order valence-electron chi connectivity index (χ4n) is 3.62. The van der Waals surface area contributed by atoms with Gasteiger partial charge in [0.05, 0.1) is 34.8 Å². The molecule has 1 unspecified atom stereocenters. The molecule has 1 fully saturated rings. The van der Waals surface area contributed by atoms with Crippen LogP contribution in [0.15, 0.2) is 40.9 Å². The highest BCUT2D eigenvalue weighted by Crippen LogP contribution is 2.40. The van der Waals surface area contributed by atoms with Crippen molar-refractivity contribution in [1.82, 2.24) is 9.55 Å². The average molecular weight is 438 g/mol. The normalized spacial score (nSPS) is 19.3. The van der Waals surface area contributed by atoms with Gasteiger partial charge in [0.1, 0.15) is 11.6 Å². The molecule has 0 saturated carbocycles. The van der Waals surface area contributed by atoms with Crippen LogP contribution in [0.2, 0.25) is 5.02 Å². The lowest BCUT2D eigenvalue weighted by Crippen LogP contribution is -2.27. The van der Waals surface area contributed by atoms with Gasteiger partial charge in [-0.3, -0.25) is 0 Å². The smallest absolute Gasteiger partial charge is 0.137 e. The van der Waals surface area contributed by atoms with Crippen molar-refractivity contribution in [1.29, 1.82) is 0 Å². The molecule has 0 bridgehead atoms. The summed E-state index contributed by atoms with van der Waals surface area (Å²) in [6, 6.07) is 11.3. The molecule has 3 nitrogen and oxygen atoms in total. The van der Waals surface area contributed by atoms with Crippen molar-refractivity contribution in [3.63, 3.8) is 0 Å². The Labute approximate surface area is 165 Å². The number of para-hydroxylation sites is 2. The number of hydrogen-bond donors (Lipinski definition) is 0. The van der Waals surface area contributed by atoms with E-state index < -0.39 is 0 Å². The molecule has 2 aromatic carbocycles.